The molecule has 6 heteroatoms. The lowest BCUT2D eigenvalue weighted by atomic mass is 10.1. The Hall–Kier alpha value is -1.14. The number of benzene rings is 1. The van der Waals surface area contributed by atoms with E-state index in [1.165, 1.54) is 19.1 Å². The normalized spacial score (nSPS) is 13.3. The van der Waals surface area contributed by atoms with Gasteiger partial charge in [-0.2, -0.15) is 0 Å². The van der Waals surface area contributed by atoms with Crippen LogP contribution in [0.15, 0.2) is 18.2 Å². The monoisotopic (exact) mass is 276 g/mol. The molecule has 0 bridgehead atoms. The second-order valence-corrected chi connectivity index (χ2v) is 6.42. The van der Waals surface area contributed by atoms with Crippen molar-refractivity contribution in [3.63, 3.8) is 0 Å². The predicted octanol–water partition coefficient (Wildman–Crippen LogP) is 1.69. The molecular weight excluding hydrogens is 259 g/mol. The van der Waals surface area contributed by atoms with Crippen LogP contribution in [-0.2, 0) is 9.84 Å². The average Bonchev–Trinajstić information content (AvgIpc) is 2.28. The highest BCUT2D eigenvalue weighted by Crippen LogP contribution is 2.25. The second kappa shape index (κ2) is 6.15. The number of aliphatic hydroxyl groups excluding tert-OH is 1. The van der Waals surface area contributed by atoms with Crippen LogP contribution in [0.5, 0.6) is 5.75 Å². The molecule has 102 valence electrons. The molecule has 0 unspecified atom stereocenters. The molecule has 18 heavy (non-hydrogen) atoms. The molecule has 4 nitrogen and oxygen atoms in total. The predicted molar refractivity (Wildman–Crippen MR) is 66.9 cm³/mol. The fraction of sp³-hybridized carbons (Fsp3) is 0.500. The fourth-order valence-electron chi connectivity index (χ4n) is 1.40. The third kappa shape index (κ3) is 4.27. The van der Waals surface area contributed by atoms with Gasteiger partial charge in [-0.3, -0.25) is 0 Å². The van der Waals surface area contributed by atoms with E-state index >= 15 is 0 Å². The maximum atomic E-state index is 13.1. The largest absolute Gasteiger partial charge is 0.492 e. The molecule has 0 heterocycles. The Kier molecular flexibility index (Phi) is 5.10. The molecule has 0 radical (unpaired) electrons. The third-order valence-corrected chi connectivity index (χ3v) is 4.19. The summed E-state index contributed by atoms with van der Waals surface area (Å²) in [6, 6.07) is 3.78. The molecule has 1 aromatic rings. The molecule has 0 spiro atoms. The van der Waals surface area contributed by atoms with E-state index in [1.807, 2.05) is 0 Å². The van der Waals surface area contributed by atoms with Gasteiger partial charge in [0.05, 0.1) is 11.9 Å². The SMILES string of the molecule is CCS(=O)(=O)CCOc1cc(F)ccc1[C@H](C)O. The van der Waals surface area contributed by atoms with Crippen LogP contribution in [0.3, 0.4) is 0 Å². The molecule has 1 N–H and O–H groups in total. The van der Waals surface area contributed by atoms with Gasteiger partial charge in [0.25, 0.3) is 0 Å². The molecule has 1 atom stereocenters. The molecule has 0 amide bonds. The quantitative estimate of drug-likeness (QED) is 0.859. The van der Waals surface area contributed by atoms with Gasteiger partial charge in [0, 0.05) is 17.4 Å². The van der Waals surface area contributed by atoms with Crippen molar-refractivity contribution in [2.45, 2.75) is 20.0 Å². The maximum absolute atomic E-state index is 13.1. The van der Waals surface area contributed by atoms with Gasteiger partial charge in [-0.15, -0.1) is 0 Å². The molecule has 0 aliphatic carbocycles. The van der Waals surface area contributed by atoms with Gasteiger partial charge in [0.15, 0.2) is 9.84 Å². The average molecular weight is 276 g/mol. The summed E-state index contributed by atoms with van der Waals surface area (Å²) >= 11 is 0. The van der Waals surface area contributed by atoms with Crippen molar-refractivity contribution in [3.05, 3.63) is 29.6 Å². The minimum absolute atomic E-state index is 0.0444. The standard InChI is InChI=1S/C12H17FO4S/c1-3-18(15,16)7-6-17-12-8-10(13)4-5-11(12)9(2)14/h4-5,8-9,14H,3,6-7H2,1-2H3/t9-/m0/s1. The summed E-state index contributed by atoms with van der Waals surface area (Å²) in [4.78, 5) is 0. The molecule has 0 aliphatic heterocycles. The highest BCUT2D eigenvalue weighted by atomic mass is 32.2. The van der Waals surface area contributed by atoms with Crippen molar-refractivity contribution >= 4 is 9.84 Å². The van der Waals surface area contributed by atoms with E-state index in [2.05, 4.69) is 0 Å². The van der Waals surface area contributed by atoms with E-state index < -0.39 is 21.8 Å². The summed E-state index contributed by atoms with van der Waals surface area (Å²) in [5, 5.41) is 9.48. The van der Waals surface area contributed by atoms with Crippen LogP contribution >= 0.6 is 0 Å². The number of hydrogen-bond acceptors (Lipinski definition) is 4. The number of sulfone groups is 1. The molecule has 0 saturated carbocycles. The van der Waals surface area contributed by atoms with E-state index in [-0.39, 0.29) is 23.9 Å². The van der Waals surface area contributed by atoms with E-state index in [0.29, 0.717) is 5.56 Å². The Morgan fingerprint density at radius 3 is 2.67 bits per heavy atom. The lowest BCUT2D eigenvalue weighted by molar-refractivity contribution is 0.192. The number of hydrogen-bond donors (Lipinski definition) is 1. The van der Waals surface area contributed by atoms with Crippen LogP contribution in [0.2, 0.25) is 0 Å². The minimum atomic E-state index is -3.11. The Morgan fingerprint density at radius 1 is 1.44 bits per heavy atom. The number of aliphatic hydroxyl groups is 1. The van der Waals surface area contributed by atoms with Crippen molar-refractivity contribution < 1.29 is 22.7 Å². The molecule has 0 saturated heterocycles. The Bertz CT molecular complexity index is 497. The molecular formula is C12H17FO4S. The Labute approximate surface area is 106 Å². The van der Waals surface area contributed by atoms with Gasteiger partial charge in [-0.05, 0) is 19.1 Å². The zero-order valence-corrected chi connectivity index (χ0v) is 11.2. The third-order valence-electron chi connectivity index (χ3n) is 2.52. The zero-order chi connectivity index (χ0) is 13.8. The van der Waals surface area contributed by atoms with Gasteiger partial charge in [-0.1, -0.05) is 6.92 Å². The van der Waals surface area contributed by atoms with Gasteiger partial charge in [0.1, 0.15) is 18.2 Å². The number of rotatable bonds is 6. The van der Waals surface area contributed by atoms with Crippen molar-refractivity contribution in [1.29, 1.82) is 0 Å². The zero-order valence-electron chi connectivity index (χ0n) is 10.4. The van der Waals surface area contributed by atoms with Crippen LogP contribution in [0.4, 0.5) is 4.39 Å². The van der Waals surface area contributed by atoms with Crippen molar-refractivity contribution in [3.8, 4) is 5.75 Å². The van der Waals surface area contributed by atoms with Gasteiger partial charge in [-0.25, -0.2) is 12.8 Å². The molecule has 1 rings (SSSR count). The first-order chi connectivity index (χ1) is 8.35. The second-order valence-electron chi connectivity index (χ2n) is 3.94. The van der Waals surface area contributed by atoms with Crippen LogP contribution in [0.25, 0.3) is 0 Å². The summed E-state index contributed by atoms with van der Waals surface area (Å²) in [6.45, 7) is 3.03. The topological polar surface area (TPSA) is 63.6 Å². The summed E-state index contributed by atoms with van der Waals surface area (Å²) in [7, 11) is -3.11. The number of ether oxygens (including phenoxy) is 1. The van der Waals surface area contributed by atoms with Gasteiger partial charge < -0.3 is 9.84 Å². The first-order valence-corrected chi connectivity index (χ1v) is 7.48. The first kappa shape index (κ1) is 14.9. The Balaban J connectivity index is 2.75. The summed E-state index contributed by atoms with van der Waals surface area (Å²) in [6.07, 6.45) is -0.802. The maximum Gasteiger partial charge on any atom is 0.153 e. The van der Waals surface area contributed by atoms with Crippen LogP contribution in [0.1, 0.15) is 25.5 Å². The number of halogens is 1. The van der Waals surface area contributed by atoms with Crippen molar-refractivity contribution in [2.24, 2.45) is 0 Å². The molecule has 0 aromatic heterocycles. The Morgan fingerprint density at radius 2 is 2.11 bits per heavy atom. The first-order valence-electron chi connectivity index (χ1n) is 5.66. The highest BCUT2D eigenvalue weighted by molar-refractivity contribution is 7.91. The lowest BCUT2D eigenvalue weighted by Crippen LogP contribution is -2.16. The van der Waals surface area contributed by atoms with Crippen LogP contribution in [0, 0.1) is 5.82 Å². The van der Waals surface area contributed by atoms with Gasteiger partial charge >= 0.3 is 0 Å². The van der Waals surface area contributed by atoms with E-state index in [9.17, 15) is 17.9 Å². The van der Waals surface area contributed by atoms with E-state index in [1.54, 1.807) is 6.92 Å². The summed E-state index contributed by atoms with van der Waals surface area (Å²) < 4.78 is 40.8. The molecule has 0 aliphatic rings. The van der Waals surface area contributed by atoms with E-state index in [0.717, 1.165) is 6.07 Å². The fourth-order valence-corrected chi connectivity index (χ4v) is 2.03. The summed E-state index contributed by atoms with van der Waals surface area (Å²) in [5.74, 6) is -0.397. The van der Waals surface area contributed by atoms with Gasteiger partial charge in [0.2, 0.25) is 0 Å². The van der Waals surface area contributed by atoms with E-state index in [4.69, 9.17) is 4.74 Å². The van der Waals surface area contributed by atoms with Crippen molar-refractivity contribution in [2.75, 3.05) is 18.1 Å². The molecule has 0 fully saturated rings. The lowest BCUT2D eigenvalue weighted by Gasteiger charge is -2.13. The molecule has 1 aromatic carbocycles. The smallest absolute Gasteiger partial charge is 0.153 e. The van der Waals surface area contributed by atoms with Crippen molar-refractivity contribution in [1.82, 2.24) is 0 Å². The van der Waals surface area contributed by atoms with Crippen LogP contribution in [-0.4, -0.2) is 31.6 Å². The summed E-state index contributed by atoms with van der Waals surface area (Å²) in [5.41, 5.74) is 0.435. The minimum Gasteiger partial charge on any atom is -0.492 e. The van der Waals surface area contributed by atoms with Crippen LogP contribution < -0.4 is 4.74 Å². The highest BCUT2D eigenvalue weighted by Gasteiger charge is 2.12.